The number of nitrogens with zero attached hydrogens (tertiary/aromatic N) is 2. The first kappa shape index (κ1) is 20.7. The fraction of sp³-hybridized carbons (Fsp3) is 0.320. The second kappa shape index (κ2) is 8.06. The number of phenols is 1. The average Bonchev–Trinajstić information content (AvgIpc) is 3.24. The summed E-state index contributed by atoms with van der Waals surface area (Å²) >= 11 is 1.74. The lowest BCUT2D eigenvalue weighted by Gasteiger charge is -2.31. The van der Waals surface area contributed by atoms with Crippen LogP contribution in [0.25, 0.3) is 21.2 Å². The number of para-hydroxylation sites is 1. The molecule has 32 heavy (non-hydrogen) atoms. The van der Waals surface area contributed by atoms with Crippen molar-refractivity contribution < 1.29 is 14.3 Å². The number of rotatable bonds is 3. The number of fused-ring (bicyclic) bond motifs is 2. The van der Waals surface area contributed by atoms with Gasteiger partial charge in [-0.25, -0.2) is 9.78 Å². The van der Waals surface area contributed by atoms with Crippen LogP contribution in [0.3, 0.4) is 0 Å². The monoisotopic (exact) mass is 448 g/mol. The van der Waals surface area contributed by atoms with Gasteiger partial charge in [-0.15, -0.1) is 11.3 Å². The number of aryl methyl sites for hydroxylation is 2. The van der Waals surface area contributed by atoms with Gasteiger partial charge in [0.2, 0.25) is 5.91 Å². The van der Waals surface area contributed by atoms with Crippen molar-refractivity contribution in [2.75, 3.05) is 13.1 Å². The number of piperidine rings is 1. The Morgan fingerprint density at radius 2 is 1.91 bits per heavy atom. The third-order valence-corrected chi connectivity index (χ3v) is 7.71. The lowest BCUT2D eigenvalue weighted by atomic mass is 9.96. The van der Waals surface area contributed by atoms with Gasteiger partial charge in [-0.3, -0.25) is 4.79 Å². The van der Waals surface area contributed by atoms with E-state index >= 15 is 0 Å². The predicted molar refractivity (Wildman–Crippen MR) is 126 cm³/mol. The Kier molecular flexibility index (Phi) is 5.21. The van der Waals surface area contributed by atoms with Crippen molar-refractivity contribution in [1.82, 2.24) is 9.88 Å². The van der Waals surface area contributed by atoms with Gasteiger partial charge in [-0.2, -0.15) is 0 Å². The molecule has 0 unspecified atom stereocenters. The molecule has 0 radical (unpaired) electrons. The molecule has 1 saturated heterocycles. The summed E-state index contributed by atoms with van der Waals surface area (Å²) in [4.78, 5) is 32.3. The number of hydrogen-bond donors (Lipinski definition) is 1. The number of carbonyl (C=O) groups is 1. The zero-order valence-corrected chi connectivity index (χ0v) is 18.9. The van der Waals surface area contributed by atoms with Crippen LogP contribution in [0.4, 0.5) is 0 Å². The molecule has 6 nitrogen and oxygen atoms in total. The highest BCUT2D eigenvalue weighted by molar-refractivity contribution is 7.18. The number of aromatic nitrogens is 1. The summed E-state index contributed by atoms with van der Waals surface area (Å²) in [6, 6.07) is 11.5. The van der Waals surface area contributed by atoms with E-state index in [1.54, 1.807) is 30.4 Å². The van der Waals surface area contributed by atoms with Crippen molar-refractivity contribution in [1.29, 1.82) is 0 Å². The summed E-state index contributed by atoms with van der Waals surface area (Å²) < 4.78 is 6.68. The van der Waals surface area contributed by atoms with Gasteiger partial charge in [0.05, 0.1) is 27.2 Å². The van der Waals surface area contributed by atoms with E-state index in [0.717, 1.165) is 34.3 Å². The van der Waals surface area contributed by atoms with Gasteiger partial charge < -0.3 is 14.4 Å². The van der Waals surface area contributed by atoms with E-state index in [0.29, 0.717) is 35.7 Å². The molecule has 1 aliphatic heterocycles. The highest BCUT2D eigenvalue weighted by atomic mass is 32.1. The molecule has 5 rings (SSSR count). The van der Waals surface area contributed by atoms with Crippen LogP contribution in [0.1, 0.15) is 40.5 Å². The first-order valence-electron chi connectivity index (χ1n) is 10.8. The van der Waals surface area contributed by atoms with Gasteiger partial charge in [0.1, 0.15) is 11.3 Å². The number of hydrogen-bond acceptors (Lipinski definition) is 6. The van der Waals surface area contributed by atoms with Crippen molar-refractivity contribution >= 4 is 38.4 Å². The van der Waals surface area contributed by atoms with Crippen LogP contribution in [0.5, 0.6) is 5.75 Å². The molecule has 1 N–H and O–H groups in total. The topological polar surface area (TPSA) is 83.6 Å². The minimum absolute atomic E-state index is 0.0236. The van der Waals surface area contributed by atoms with Gasteiger partial charge in [-0.05, 0) is 56.5 Å². The quantitative estimate of drug-likeness (QED) is 0.460. The van der Waals surface area contributed by atoms with Crippen molar-refractivity contribution in [2.45, 2.75) is 39.0 Å². The first-order valence-corrected chi connectivity index (χ1v) is 11.6. The number of thiazole rings is 1. The number of phenolic OH excluding ortho intramolecular Hbond substituents is 1. The fourth-order valence-corrected chi connectivity index (χ4v) is 5.62. The Morgan fingerprint density at radius 3 is 2.66 bits per heavy atom. The molecule has 1 aliphatic rings. The van der Waals surface area contributed by atoms with Gasteiger partial charge in [0, 0.05) is 30.0 Å². The van der Waals surface area contributed by atoms with Gasteiger partial charge in [0.25, 0.3) is 0 Å². The van der Waals surface area contributed by atoms with Gasteiger partial charge >= 0.3 is 5.63 Å². The molecule has 7 heteroatoms. The van der Waals surface area contributed by atoms with Gasteiger partial charge in [0.15, 0.2) is 0 Å². The summed E-state index contributed by atoms with van der Waals surface area (Å²) in [6.45, 7) is 4.85. The molecular formula is C25H24N2O4S. The summed E-state index contributed by atoms with van der Waals surface area (Å²) in [6.07, 6.45) is 1.76. The Balaban J connectivity index is 1.31. The van der Waals surface area contributed by atoms with Crippen LogP contribution in [-0.2, 0) is 11.2 Å². The molecule has 0 bridgehead atoms. The largest absolute Gasteiger partial charge is 0.508 e. The molecule has 0 saturated carbocycles. The fourth-order valence-electron chi connectivity index (χ4n) is 4.49. The Labute approximate surface area is 189 Å². The Morgan fingerprint density at radius 1 is 1.16 bits per heavy atom. The molecular weight excluding hydrogens is 424 g/mol. The second-order valence-electron chi connectivity index (χ2n) is 8.43. The number of amides is 1. The molecule has 1 amide bonds. The third kappa shape index (κ3) is 3.56. The molecule has 1 fully saturated rings. The number of likely N-dealkylation sites (tertiary alicyclic amines) is 1. The molecule has 0 aliphatic carbocycles. The van der Waals surface area contributed by atoms with Crippen LogP contribution in [0.2, 0.25) is 0 Å². The predicted octanol–water partition coefficient (Wildman–Crippen LogP) is 4.67. The molecule has 2 aromatic heterocycles. The Hall–Kier alpha value is -3.19. The van der Waals surface area contributed by atoms with Crippen LogP contribution in [0, 0.1) is 13.8 Å². The van der Waals surface area contributed by atoms with Crippen LogP contribution in [0.15, 0.2) is 45.6 Å². The van der Waals surface area contributed by atoms with Crippen LogP contribution in [-0.4, -0.2) is 34.0 Å². The van der Waals surface area contributed by atoms with E-state index in [9.17, 15) is 14.7 Å². The highest BCUT2D eigenvalue weighted by Crippen LogP contribution is 2.34. The lowest BCUT2D eigenvalue weighted by Crippen LogP contribution is -2.39. The molecule has 2 aromatic carbocycles. The van der Waals surface area contributed by atoms with Gasteiger partial charge in [-0.1, -0.05) is 12.1 Å². The number of aromatic hydroxyl groups is 1. The number of carbonyl (C=O) groups excluding carboxylic acids is 1. The minimum Gasteiger partial charge on any atom is -0.508 e. The summed E-state index contributed by atoms with van der Waals surface area (Å²) in [5.74, 6) is 0.387. The molecule has 164 valence electrons. The zero-order valence-electron chi connectivity index (χ0n) is 18.1. The molecule has 0 spiro atoms. The SMILES string of the molecule is Cc1c(CC(=O)N2CCC(c3nc4ccccc4s3)CC2)c(=O)oc2c(C)c(O)ccc12. The molecule has 4 aromatic rings. The van der Waals surface area contributed by atoms with E-state index in [2.05, 4.69) is 6.07 Å². The average molecular weight is 449 g/mol. The summed E-state index contributed by atoms with van der Waals surface area (Å²) in [5.41, 5.74) is 2.55. The molecule has 3 heterocycles. The van der Waals surface area contributed by atoms with Crippen LogP contribution >= 0.6 is 11.3 Å². The maximum absolute atomic E-state index is 13.0. The van der Waals surface area contributed by atoms with Crippen molar-refractivity contribution in [3.8, 4) is 5.75 Å². The van der Waals surface area contributed by atoms with E-state index in [1.807, 2.05) is 30.0 Å². The molecule has 0 atom stereocenters. The lowest BCUT2D eigenvalue weighted by molar-refractivity contribution is -0.131. The van der Waals surface area contributed by atoms with Crippen molar-refractivity contribution in [2.24, 2.45) is 0 Å². The van der Waals surface area contributed by atoms with Crippen LogP contribution < -0.4 is 5.63 Å². The summed E-state index contributed by atoms with van der Waals surface area (Å²) in [7, 11) is 0. The van der Waals surface area contributed by atoms with Crippen molar-refractivity contribution in [3.05, 3.63) is 68.5 Å². The standard InChI is InChI=1S/C25H24N2O4S/c1-14-17-7-8-20(28)15(2)23(17)31-25(30)18(14)13-22(29)27-11-9-16(10-12-27)24-26-19-5-3-4-6-21(19)32-24/h3-8,16,28H,9-13H2,1-2H3. The van der Waals surface area contributed by atoms with E-state index in [1.165, 1.54) is 4.70 Å². The van der Waals surface area contributed by atoms with E-state index in [-0.39, 0.29) is 18.1 Å². The summed E-state index contributed by atoms with van der Waals surface area (Å²) in [5, 5.41) is 11.8. The maximum atomic E-state index is 13.0. The van der Waals surface area contributed by atoms with Crippen molar-refractivity contribution in [3.63, 3.8) is 0 Å². The second-order valence-corrected chi connectivity index (χ2v) is 9.49. The number of benzene rings is 2. The zero-order chi connectivity index (χ0) is 22.4. The minimum atomic E-state index is -0.513. The van der Waals surface area contributed by atoms with E-state index in [4.69, 9.17) is 9.40 Å². The maximum Gasteiger partial charge on any atom is 0.340 e. The first-order chi connectivity index (χ1) is 15.4. The Bertz CT molecular complexity index is 1360. The normalized spacial score (nSPS) is 15.0. The van der Waals surface area contributed by atoms with E-state index < -0.39 is 5.63 Å². The highest BCUT2D eigenvalue weighted by Gasteiger charge is 2.27. The smallest absolute Gasteiger partial charge is 0.340 e. The third-order valence-electron chi connectivity index (χ3n) is 6.51.